The fourth-order valence-corrected chi connectivity index (χ4v) is 4.28. The highest BCUT2D eigenvalue weighted by Crippen LogP contribution is 2.17. The predicted octanol–water partition coefficient (Wildman–Crippen LogP) is 4.80. The second kappa shape index (κ2) is 17.7. The second-order valence-corrected chi connectivity index (χ2v) is 10.3. The lowest BCUT2D eigenvalue weighted by Gasteiger charge is -2.20. The van der Waals surface area contributed by atoms with Crippen molar-refractivity contribution in [2.75, 3.05) is 18.9 Å². The van der Waals surface area contributed by atoms with E-state index in [0.717, 1.165) is 25.7 Å². The van der Waals surface area contributed by atoms with Gasteiger partial charge >= 0.3 is 11.9 Å². The van der Waals surface area contributed by atoms with Crippen molar-refractivity contribution in [3.63, 3.8) is 0 Å². The van der Waals surface area contributed by atoms with Crippen LogP contribution in [0.4, 0.5) is 5.95 Å². The van der Waals surface area contributed by atoms with E-state index >= 15 is 0 Å². The first-order valence-electron chi connectivity index (χ1n) is 14.4. The van der Waals surface area contributed by atoms with Gasteiger partial charge in [0.15, 0.2) is 5.65 Å². The third kappa shape index (κ3) is 11.3. The predicted molar refractivity (Wildman–Crippen MR) is 149 cm³/mol. The second-order valence-electron chi connectivity index (χ2n) is 10.3. The lowest BCUT2D eigenvalue weighted by molar-refractivity contribution is -0.149. The molecule has 2 heterocycles. The normalized spacial score (nSPS) is 13.8. The van der Waals surface area contributed by atoms with Gasteiger partial charge < -0.3 is 25.5 Å². The topological polar surface area (TPSA) is 148 Å². The van der Waals surface area contributed by atoms with Gasteiger partial charge in [-0.3, -0.25) is 9.59 Å². The number of aromatic nitrogens is 4. The average molecular weight is 533 g/mol. The van der Waals surface area contributed by atoms with Crippen molar-refractivity contribution < 1.29 is 19.1 Å². The molecule has 0 aliphatic heterocycles. The standard InChI is InChI=1S/C28H48N6O4/c1-4-6-7-8-9-10-11-12-13-14-24(35)38-19-22(15-16-37-27(36)25(29)21(3)5-2)18-34-20-32-23-17-31-28(30)33-26(23)34/h17,20-22,25H,4-16,18-19,29H2,1-3H3,(H2,30,31,33)/t21-,22+,25-/m0/s1. The van der Waals surface area contributed by atoms with Gasteiger partial charge in [-0.2, -0.15) is 4.98 Å². The number of imidazole rings is 1. The number of hydrogen-bond donors (Lipinski definition) is 2. The molecule has 0 aromatic carbocycles. The molecule has 38 heavy (non-hydrogen) atoms. The zero-order valence-corrected chi connectivity index (χ0v) is 23.6. The number of nitrogens with zero attached hydrogens (tertiary/aromatic N) is 4. The van der Waals surface area contributed by atoms with Gasteiger partial charge in [-0.05, 0) is 18.8 Å². The van der Waals surface area contributed by atoms with E-state index in [1.807, 2.05) is 18.4 Å². The zero-order valence-electron chi connectivity index (χ0n) is 23.6. The van der Waals surface area contributed by atoms with Gasteiger partial charge in [0.1, 0.15) is 11.6 Å². The number of carbonyl (C=O) groups is 2. The summed E-state index contributed by atoms with van der Waals surface area (Å²) < 4.78 is 12.9. The summed E-state index contributed by atoms with van der Waals surface area (Å²) in [6.07, 6.45) is 15.7. The highest BCUT2D eigenvalue weighted by atomic mass is 16.5. The minimum Gasteiger partial charge on any atom is -0.465 e. The van der Waals surface area contributed by atoms with E-state index in [2.05, 4.69) is 21.9 Å². The first kappa shape index (κ1) is 31.5. The Balaban J connectivity index is 1.83. The van der Waals surface area contributed by atoms with E-state index in [0.29, 0.717) is 30.6 Å². The molecule has 0 saturated carbocycles. The molecule has 214 valence electrons. The minimum absolute atomic E-state index is 0.0442. The van der Waals surface area contributed by atoms with Crippen LogP contribution in [0.3, 0.4) is 0 Å². The van der Waals surface area contributed by atoms with Crippen LogP contribution in [-0.2, 0) is 25.6 Å². The van der Waals surface area contributed by atoms with E-state index in [1.54, 1.807) is 12.5 Å². The maximum Gasteiger partial charge on any atom is 0.323 e. The molecular weight excluding hydrogens is 484 g/mol. The number of fused-ring (bicyclic) bond motifs is 1. The van der Waals surface area contributed by atoms with Gasteiger partial charge in [0.25, 0.3) is 0 Å². The third-order valence-electron chi connectivity index (χ3n) is 7.10. The zero-order chi connectivity index (χ0) is 27.8. The number of nitrogens with two attached hydrogens (primary N) is 2. The average Bonchev–Trinajstić information content (AvgIpc) is 3.31. The summed E-state index contributed by atoms with van der Waals surface area (Å²) in [5.74, 6) is -0.507. The summed E-state index contributed by atoms with van der Waals surface area (Å²) in [5.41, 5.74) is 13.0. The van der Waals surface area contributed by atoms with E-state index < -0.39 is 12.0 Å². The molecule has 0 aliphatic rings. The molecule has 0 fully saturated rings. The summed E-state index contributed by atoms with van der Waals surface area (Å²) >= 11 is 0. The fourth-order valence-electron chi connectivity index (χ4n) is 4.28. The van der Waals surface area contributed by atoms with Crippen molar-refractivity contribution in [1.29, 1.82) is 0 Å². The van der Waals surface area contributed by atoms with Crippen molar-refractivity contribution in [3.05, 3.63) is 12.5 Å². The van der Waals surface area contributed by atoms with Crippen LogP contribution in [0.15, 0.2) is 12.5 Å². The summed E-state index contributed by atoms with van der Waals surface area (Å²) in [7, 11) is 0. The number of ether oxygens (including phenoxy) is 2. The first-order chi connectivity index (χ1) is 18.3. The van der Waals surface area contributed by atoms with E-state index in [-0.39, 0.29) is 37.0 Å². The van der Waals surface area contributed by atoms with Crippen LogP contribution in [0.5, 0.6) is 0 Å². The molecule has 2 aromatic heterocycles. The van der Waals surface area contributed by atoms with Crippen LogP contribution >= 0.6 is 0 Å². The van der Waals surface area contributed by atoms with Crippen LogP contribution in [0, 0.1) is 11.8 Å². The van der Waals surface area contributed by atoms with Crippen LogP contribution < -0.4 is 11.5 Å². The van der Waals surface area contributed by atoms with Crippen LogP contribution in [-0.4, -0.2) is 50.7 Å². The number of unbranched alkanes of at least 4 members (excludes halogenated alkanes) is 8. The number of esters is 2. The largest absolute Gasteiger partial charge is 0.465 e. The third-order valence-corrected chi connectivity index (χ3v) is 7.10. The quantitative estimate of drug-likeness (QED) is 0.181. The Morgan fingerprint density at radius 3 is 2.37 bits per heavy atom. The molecule has 3 atom stereocenters. The van der Waals surface area contributed by atoms with Gasteiger partial charge in [0, 0.05) is 18.9 Å². The Kier molecular flexibility index (Phi) is 14.7. The van der Waals surface area contributed by atoms with Gasteiger partial charge in [0.2, 0.25) is 5.95 Å². The molecular formula is C28H48N6O4. The molecule has 0 bridgehead atoms. The molecule has 4 N–H and O–H groups in total. The number of anilines is 1. The molecule has 0 spiro atoms. The highest BCUT2D eigenvalue weighted by molar-refractivity contribution is 5.75. The Bertz CT molecular complexity index is 966. The number of rotatable bonds is 20. The van der Waals surface area contributed by atoms with Crippen LogP contribution in [0.1, 0.15) is 97.8 Å². The molecule has 10 heteroatoms. The summed E-state index contributed by atoms with van der Waals surface area (Å²) in [6, 6.07) is -0.648. The molecule has 0 unspecified atom stereocenters. The van der Waals surface area contributed by atoms with E-state index in [1.165, 1.54) is 38.5 Å². The molecule has 0 amide bonds. The Morgan fingerprint density at radius 1 is 1.00 bits per heavy atom. The van der Waals surface area contributed by atoms with Crippen LogP contribution in [0.25, 0.3) is 11.2 Å². The van der Waals surface area contributed by atoms with Gasteiger partial charge in [0.05, 0.1) is 25.7 Å². The minimum atomic E-state index is -0.648. The van der Waals surface area contributed by atoms with Crippen LogP contribution in [0.2, 0.25) is 0 Å². The maximum atomic E-state index is 12.4. The molecule has 0 radical (unpaired) electrons. The summed E-state index contributed by atoms with van der Waals surface area (Å²) in [6.45, 7) is 7.03. The molecule has 10 nitrogen and oxygen atoms in total. The smallest absolute Gasteiger partial charge is 0.323 e. The van der Waals surface area contributed by atoms with Crippen molar-refractivity contribution in [2.24, 2.45) is 17.6 Å². The summed E-state index contributed by atoms with van der Waals surface area (Å²) in [4.78, 5) is 37.3. The molecule has 2 aromatic rings. The molecule has 0 saturated heterocycles. The Hall–Kier alpha value is -2.75. The SMILES string of the molecule is CCCCCCCCCCCC(=O)OC[C@H](CCOC(=O)[C@@H](N)[C@@H](C)CC)Cn1cnc2cnc(N)nc21. The van der Waals surface area contributed by atoms with E-state index in [4.69, 9.17) is 20.9 Å². The van der Waals surface area contributed by atoms with Gasteiger partial charge in [-0.25, -0.2) is 9.97 Å². The van der Waals surface area contributed by atoms with E-state index in [9.17, 15) is 9.59 Å². The lowest BCUT2D eigenvalue weighted by atomic mass is 10.0. The first-order valence-corrected chi connectivity index (χ1v) is 14.4. The molecule has 0 aliphatic carbocycles. The maximum absolute atomic E-state index is 12.4. The Morgan fingerprint density at radius 2 is 1.68 bits per heavy atom. The molecule has 2 rings (SSSR count). The monoisotopic (exact) mass is 532 g/mol. The lowest BCUT2D eigenvalue weighted by Crippen LogP contribution is -2.38. The number of nitrogen functional groups attached to an aromatic ring is 1. The Labute approximate surface area is 227 Å². The number of carbonyl (C=O) groups excluding carboxylic acids is 2. The van der Waals surface area contributed by atoms with Gasteiger partial charge in [-0.15, -0.1) is 0 Å². The summed E-state index contributed by atoms with van der Waals surface area (Å²) in [5, 5.41) is 0. The van der Waals surface area contributed by atoms with Crippen molar-refractivity contribution in [3.8, 4) is 0 Å². The van der Waals surface area contributed by atoms with Crippen molar-refractivity contribution in [2.45, 2.75) is 110 Å². The van der Waals surface area contributed by atoms with Crippen molar-refractivity contribution in [1.82, 2.24) is 19.5 Å². The van der Waals surface area contributed by atoms with Gasteiger partial charge in [-0.1, -0.05) is 78.6 Å². The number of hydrogen-bond acceptors (Lipinski definition) is 9. The fraction of sp³-hybridized carbons (Fsp3) is 0.750. The van der Waals surface area contributed by atoms with Crippen molar-refractivity contribution >= 4 is 29.1 Å². The highest BCUT2D eigenvalue weighted by Gasteiger charge is 2.22.